The lowest BCUT2D eigenvalue weighted by Gasteiger charge is -2.09. The van der Waals surface area contributed by atoms with Crippen LogP contribution in [-0.2, 0) is 14.8 Å². The second kappa shape index (κ2) is 7.19. The molecule has 1 aromatic carbocycles. The summed E-state index contributed by atoms with van der Waals surface area (Å²) in [6, 6.07) is 4.74. The van der Waals surface area contributed by atoms with Gasteiger partial charge in [-0.25, -0.2) is 17.9 Å². The van der Waals surface area contributed by atoms with Crippen LogP contribution in [0.15, 0.2) is 29.2 Å². The molecule has 0 aliphatic carbocycles. The Balaban J connectivity index is 2.65. The van der Waals surface area contributed by atoms with Gasteiger partial charge in [0, 0.05) is 6.54 Å². The summed E-state index contributed by atoms with van der Waals surface area (Å²) in [6.45, 7) is 3.95. The third-order valence-corrected chi connectivity index (χ3v) is 3.96. The highest BCUT2D eigenvalue weighted by Crippen LogP contribution is 2.10. The quantitative estimate of drug-likeness (QED) is 0.676. The number of carbonyl (C=O) groups is 2. The van der Waals surface area contributed by atoms with E-state index in [1.54, 1.807) is 0 Å². The number of hydrogen-bond acceptors (Lipinski definition) is 4. The maximum Gasteiger partial charge on any atom is 0.335 e. The number of nitrogens with one attached hydrogen (secondary N) is 2. The van der Waals surface area contributed by atoms with E-state index in [9.17, 15) is 18.0 Å². The van der Waals surface area contributed by atoms with Crippen molar-refractivity contribution in [1.29, 1.82) is 0 Å². The fraction of sp³-hybridized carbons (Fsp3) is 0.385. The molecular weight excluding hydrogens is 296 g/mol. The number of hydrogen-bond donors (Lipinski definition) is 3. The number of benzene rings is 1. The van der Waals surface area contributed by atoms with Gasteiger partial charge < -0.3 is 10.4 Å². The Morgan fingerprint density at radius 1 is 1.19 bits per heavy atom. The molecule has 0 atom stereocenters. The van der Waals surface area contributed by atoms with Crippen molar-refractivity contribution < 1.29 is 23.1 Å². The van der Waals surface area contributed by atoms with Crippen LogP contribution in [0.4, 0.5) is 0 Å². The van der Waals surface area contributed by atoms with Crippen LogP contribution >= 0.6 is 0 Å². The molecule has 1 amide bonds. The van der Waals surface area contributed by atoms with E-state index in [4.69, 9.17) is 5.11 Å². The van der Waals surface area contributed by atoms with E-state index in [-0.39, 0.29) is 22.9 Å². The molecule has 3 N–H and O–H groups in total. The number of sulfonamides is 1. The summed E-state index contributed by atoms with van der Waals surface area (Å²) in [5, 5.41) is 11.3. The first-order valence-electron chi connectivity index (χ1n) is 6.32. The average Bonchev–Trinajstić information content (AvgIpc) is 2.43. The summed E-state index contributed by atoms with van der Waals surface area (Å²) < 4.78 is 26.0. The Bertz CT molecular complexity index is 608. The summed E-state index contributed by atoms with van der Waals surface area (Å²) >= 11 is 0. The molecule has 0 fully saturated rings. The lowest BCUT2D eigenvalue weighted by Crippen LogP contribution is -2.38. The molecule has 0 radical (unpaired) electrons. The molecule has 8 heteroatoms. The third kappa shape index (κ3) is 5.52. The number of aromatic carboxylic acids is 1. The predicted molar refractivity (Wildman–Crippen MR) is 76.4 cm³/mol. The highest BCUT2D eigenvalue weighted by molar-refractivity contribution is 7.89. The number of carboxylic acids is 1. The van der Waals surface area contributed by atoms with Crippen LogP contribution in [0.2, 0.25) is 0 Å². The molecule has 1 rings (SSSR count). The molecule has 1 aromatic rings. The Labute approximate surface area is 123 Å². The van der Waals surface area contributed by atoms with Crippen molar-refractivity contribution in [2.24, 2.45) is 5.92 Å². The lowest BCUT2D eigenvalue weighted by molar-refractivity contribution is -0.120. The maximum absolute atomic E-state index is 11.9. The number of carboxylic acid groups (broad SMARTS) is 1. The summed E-state index contributed by atoms with van der Waals surface area (Å²) in [6.07, 6.45) is 0. The van der Waals surface area contributed by atoms with Crippen molar-refractivity contribution in [1.82, 2.24) is 10.0 Å². The second-order valence-electron chi connectivity index (χ2n) is 4.85. The minimum Gasteiger partial charge on any atom is -0.478 e. The molecule has 0 saturated heterocycles. The van der Waals surface area contributed by atoms with Crippen LogP contribution in [0, 0.1) is 5.92 Å². The molecule has 0 aromatic heterocycles. The first kappa shape index (κ1) is 17.1. The van der Waals surface area contributed by atoms with Gasteiger partial charge in [0.15, 0.2) is 0 Å². The standard InChI is InChI=1S/C13H18N2O5S/c1-9(2)7-14-12(16)8-15-21(19,20)11-5-3-10(4-6-11)13(17)18/h3-6,9,15H,7-8H2,1-2H3,(H,14,16)(H,17,18). The summed E-state index contributed by atoms with van der Waals surface area (Å²) in [5.74, 6) is -1.29. The fourth-order valence-corrected chi connectivity index (χ4v) is 2.38. The predicted octanol–water partition coefficient (Wildman–Crippen LogP) is 0.435. The van der Waals surface area contributed by atoms with Crippen molar-refractivity contribution in [2.45, 2.75) is 18.7 Å². The highest BCUT2D eigenvalue weighted by atomic mass is 32.2. The van der Waals surface area contributed by atoms with Gasteiger partial charge in [-0.1, -0.05) is 13.8 Å². The van der Waals surface area contributed by atoms with Crippen molar-refractivity contribution >= 4 is 21.9 Å². The van der Waals surface area contributed by atoms with Gasteiger partial charge in [0.05, 0.1) is 17.0 Å². The first-order chi connectivity index (χ1) is 9.72. The number of carbonyl (C=O) groups excluding carboxylic acids is 1. The van der Waals surface area contributed by atoms with Gasteiger partial charge in [-0.2, -0.15) is 0 Å². The van der Waals surface area contributed by atoms with E-state index in [1.165, 1.54) is 24.3 Å². The Morgan fingerprint density at radius 2 is 1.76 bits per heavy atom. The molecule has 0 saturated carbocycles. The molecule has 0 spiro atoms. The van der Waals surface area contributed by atoms with E-state index >= 15 is 0 Å². The molecule has 0 heterocycles. The molecule has 21 heavy (non-hydrogen) atoms. The topological polar surface area (TPSA) is 113 Å². The van der Waals surface area contributed by atoms with Crippen LogP contribution in [0.5, 0.6) is 0 Å². The third-order valence-electron chi connectivity index (χ3n) is 2.54. The largest absolute Gasteiger partial charge is 0.478 e. The van der Waals surface area contributed by atoms with Crippen LogP contribution in [0.1, 0.15) is 24.2 Å². The molecule has 7 nitrogen and oxygen atoms in total. The Kier molecular flexibility index (Phi) is 5.86. The van der Waals surface area contributed by atoms with Crippen LogP contribution < -0.4 is 10.0 Å². The van der Waals surface area contributed by atoms with Gasteiger partial charge in [-0.15, -0.1) is 0 Å². The van der Waals surface area contributed by atoms with Crippen molar-refractivity contribution in [3.8, 4) is 0 Å². The minimum absolute atomic E-state index is 0.0105. The van der Waals surface area contributed by atoms with Gasteiger partial charge in [0.1, 0.15) is 0 Å². The van der Waals surface area contributed by atoms with Crippen molar-refractivity contribution in [3.05, 3.63) is 29.8 Å². The molecule has 116 valence electrons. The zero-order chi connectivity index (χ0) is 16.0. The minimum atomic E-state index is -3.84. The number of rotatable bonds is 7. The van der Waals surface area contributed by atoms with Crippen LogP contribution in [0.25, 0.3) is 0 Å². The van der Waals surface area contributed by atoms with Gasteiger partial charge in [-0.3, -0.25) is 4.79 Å². The smallest absolute Gasteiger partial charge is 0.335 e. The maximum atomic E-state index is 11.9. The van der Waals surface area contributed by atoms with Crippen LogP contribution in [0.3, 0.4) is 0 Å². The van der Waals surface area contributed by atoms with E-state index in [1.807, 2.05) is 13.8 Å². The molecule has 0 aliphatic heterocycles. The van der Waals surface area contributed by atoms with Gasteiger partial charge in [0.25, 0.3) is 0 Å². The van der Waals surface area contributed by atoms with Gasteiger partial charge in [-0.05, 0) is 30.2 Å². The van der Waals surface area contributed by atoms with E-state index in [0.29, 0.717) is 6.54 Å². The van der Waals surface area contributed by atoms with E-state index in [0.717, 1.165) is 0 Å². The SMILES string of the molecule is CC(C)CNC(=O)CNS(=O)(=O)c1ccc(C(=O)O)cc1. The normalized spacial score (nSPS) is 11.4. The van der Waals surface area contributed by atoms with Gasteiger partial charge >= 0.3 is 5.97 Å². The highest BCUT2D eigenvalue weighted by Gasteiger charge is 2.16. The molecule has 0 bridgehead atoms. The fourth-order valence-electron chi connectivity index (χ4n) is 1.40. The van der Waals surface area contributed by atoms with Crippen LogP contribution in [-0.4, -0.2) is 38.5 Å². The monoisotopic (exact) mass is 314 g/mol. The summed E-state index contributed by atoms with van der Waals surface area (Å²) in [5.41, 5.74) is -0.0105. The van der Waals surface area contributed by atoms with Gasteiger partial charge in [0.2, 0.25) is 15.9 Å². The molecule has 0 aliphatic rings. The Hall–Kier alpha value is -1.93. The average molecular weight is 314 g/mol. The second-order valence-corrected chi connectivity index (χ2v) is 6.62. The summed E-state index contributed by atoms with van der Waals surface area (Å²) in [7, 11) is -3.84. The first-order valence-corrected chi connectivity index (χ1v) is 7.80. The molecular formula is C13H18N2O5S. The van der Waals surface area contributed by atoms with Crippen molar-refractivity contribution in [3.63, 3.8) is 0 Å². The zero-order valence-electron chi connectivity index (χ0n) is 11.8. The molecule has 0 unspecified atom stereocenters. The lowest BCUT2D eigenvalue weighted by atomic mass is 10.2. The van der Waals surface area contributed by atoms with Crippen molar-refractivity contribution in [2.75, 3.05) is 13.1 Å². The summed E-state index contributed by atoms with van der Waals surface area (Å²) in [4.78, 5) is 22.0. The zero-order valence-corrected chi connectivity index (χ0v) is 12.6. The van der Waals surface area contributed by atoms with E-state index in [2.05, 4.69) is 10.0 Å². The van der Waals surface area contributed by atoms with E-state index < -0.39 is 21.9 Å². The number of amides is 1. The Morgan fingerprint density at radius 3 is 2.24 bits per heavy atom.